The first-order valence-electron chi connectivity index (χ1n) is 19.2. The molecule has 344 valence electrons. The summed E-state index contributed by atoms with van der Waals surface area (Å²) < 4.78 is 294. The van der Waals surface area contributed by atoms with Gasteiger partial charge in [-0.2, -0.15) is 0 Å². The molecular weight excluding hydrogens is 885 g/mol. The van der Waals surface area contributed by atoms with Crippen molar-refractivity contribution >= 4 is 28.0 Å². The van der Waals surface area contributed by atoms with E-state index in [-0.39, 0.29) is 0 Å². The molecule has 0 amide bonds. The van der Waals surface area contributed by atoms with Gasteiger partial charge in [0.15, 0.2) is 69.8 Å². The number of halogens is 20. The molecule has 1 nitrogen and oxygen atoms in total. The molecule has 22 heteroatoms. The van der Waals surface area contributed by atoms with Gasteiger partial charge in [0.05, 0.1) is 13.1 Å². The van der Waals surface area contributed by atoms with E-state index in [9.17, 15) is 52.7 Å². The summed E-state index contributed by atoms with van der Waals surface area (Å²) in [6.45, 7) is 7.30. The smallest absolute Gasteiger partial charge is 0.200 e. The minimum absolute atomic E-state index is 1.36. The van der Waals surface area contributed by atoms with Crippen molar-refractivity contribution in [2.45, 2.75) is 90.9 Å². The Labute approximate surface area is 341 Å². The van der Waals surface area contributed by atoms with E-state index in [4.69, 9.17) is 0 Å². The molecule has 0 aliphatic heterocycles. The van der Waals surface area contributed by atoms with Gasteiger partial charge in [-0.25, -0.2) is 87.8 Å². The molecule has 0 heterocycles. The molecule has 0 atom stereocenters. The summed E-state index contributed by atoms with van der Waals surface area (Å²) in [6.07, 6.45) is 9.96. The molecule has 0 fully saturated rings. The summed E-state index contributed by atoms with van der Waals surface area (Å²) in [7, 11) is 0. The molecule has 4 aromatic carbocycles. The number of rotatable bonds is 18. The third kappa shape index (κ3) is 9.83. The van der Waals surface area contributed by atoms with Gasteiger partial charge < -0.3 is 5.32 Å². The predicted molar refractivity (Wildman–Crippen MR) is 188 cm³/mol. The first-order chi connectivity index (χ1) is 29.1. The van der Waals surface area contributed by atoms with Gasteiger partial charge in [0.1, 0.15) is 52.7 Å². The molecule has 0 saturated heterocycles. The van der Waals surface area contributed by atoms with Crippen molar-refractivity contribution in [3.05, 3.63) is 116 Å². The van der Waals surface area contributed by atoms with Crippen molar-refractivity contribution in [2.75, 3.05) is 13.1 Å². The van der Waals surface area contributed by atoms with Crippen LogP contribution in [0.15, 0.2) is 0 Å². The zero-order chi connectivity index (χ0) is 47.0. The zero-order valence-corrected chi connectivity index (χ0v) is 32.6. The number of hydrogen-bond donors (Lipinski definition) is 1. The minimum Gasteiger partial charge on any atom is -0.346 e. The van der Waals surface area contributed by atoms with Gasteiger partial charge in [-0.3, -0.25) is 0 Å². The predicted octanol–water partition coefficient (Wildman–Crippen LogP) is 10.1. The van der Waals surface area contributed by atoms with E-state index in [0.29, 0.717) is 0 Å². The fourth-order valence-corrected chi connectivity index (χ4v) is 7.16. The molecule has 62 heavy (non-hydrogen) atoms. The zero-order valence-electron chi connectivity index (χ0n) is 32.6. The molecule has 0 spiro atoms. The molecular formula is C40H36BF20N. The Morgan fingerprint density at radius 2 is 0.403 bits per heavy atom. The SMILES string of the molecule is CCCCCCCC[NH2+]CCCCCCCC.Fc1c(F)c(F)c([B-](c2c(F)c(F)c(F)c(F)c2F)(c2c(F)c(F)c(F)c(F)c2F)c2c(F)c(F)c(F)c(F)c2F)c(F)c1F. The second kappa shape index (κ2) is 22.2. The third-order valence-electron chi connectivity index (χ3n) is 10.2. The Hall–Kier alpha value is -4.50. The second-order valence-electron chi connectivity index (χ2n) is 14.2. The van der Waals surface area contributed by atoms with Crippen LogP contribution in [0.25, 0.3) is 0 Å². The average molecular weight is 922 g/mol. The number of unbranched alkanes of at least 4 members (excludes halogenated alkanes) is 10. The van der Waals surface area contributed by atoms with Crippen LogP contribution in [-0.4, -0.2) is 19.2 Å². The summed E-state index contributed by atoms with van der Waals surface area (Å²) in [5.41, 5.74) is -14.3. The third-order valence-corrected chi connectivity index (χ3v) is 10.2. The van der Waals surface area contributed by atoms with Crippen LogP contribution in [0.3, 0.4) is 0 Å². The standard InChI is InChI=1S/C24BF20.C16H35N/c26-5-1(6(27)14(35)21(42)13(5)34)25(2-7(28)15(36)22(43)16(37)8(2)29,3-9(30)17(38)23(44)18(39)10(3)31)4-11(32)19(40)24(45)20(41)12(4)33;1-3-5-7-9-11-13-15-17-16-14-12-10-8-6-4-2/h;17H,3-16H2,1-2H3/q-1;/p+1. The van der Waals surface area contributed by atoms with Gasteiger partial charge in [0.25, 0.3) is 0 Å². The normalized spacial score (nSPS) is 11.7. The molecule has 4 aromatic rings. The Morgan fingerprint density at radius 1 is 0.242 bits per heavy atom. The van der Waals surface area contributed by atoms with Gasteiger partial charge in [-0.1, -0.05) is 65.2 Å². The summed E-state index contributed by atoms with van der Waals surface area (Å²) in [5.74, 6) is -71.4. The summed E-state index contributed by atoms with van der Waals surface area (Å²) >= 11 is 0. The summed E-state index contributed by atoms with van der Waals surface area (Å²) in [5, 5.41) is 2.53. The monoisotopic (exact) mass is 921 g/mol. The lowest BCUT2D eigenvalue weighted by Gasteiger charge is -2.44. The number of nitrogens with two attached hydrogens (primary N) is 1. The van der Waals surface area contributed by atoms with Crippen molar-refractivity contribution in [1.29, 1.82) is 0 Å². The molecule has 0 unspecified atom stereocenters. The Balaban J connectivity index is 0.000000509. The fourth-order valence-electron chi connectivity index (χ4n) is 7.16. The molecule has 4 rings (SSSR count). The second-order valence-corrected chi connectivity index (χ2v) is 14.2. The molecule has 0 aliphatic carbocycles. The first kappa shape index (κ1) is 51.9. The van der Waals surface area contributed by atoms with Gasteiger partial charge in [-0.15, -0.1) is 21.9 Å². The molecule has 0 saturated carbocycles. The molecule has 2 N–H and O–H groups in total. The maximum Gasteiger partial charge on any atom is 0.200 e. The van der Waals surface area contributed by atoms with Crippen LogP contribution in [0.2, 0.25) is 0 Å². The number of benzene rings is 4. The Bertz CT molecular complexity index is 1830. The topological polar surface area (TPSA) is 16.6 Å². The largest absolute Gasteiger partial charge is 0.346 e. The van der Waals surface area contributed by atoms with Crippen molar-refractivity contribution in [2.24, 2.45) is 0 Å². The molecule has 0 bridgehead atoms. The molecule has 0 aromatic heterocycles. The van der Waals surface area contributed by atoms with E-state index in [1.807, 2.05) is 0 Å². The van der Waals surface area contributed by atoms with E-state index in [2.05, 4.69) is 19.2 Å². The average Bonchev–Trinajstić information content (AvgIpc) is 3.25. The van der Waals surface area contributed by atoms with E-state index in [0.717, 1.165) is 0 Å². The lowest BCUT2D eigenvalue weighted by atomic mass is 9.12. The number of hydrogen-bond acceptors (Lipinski definition) is 0. The Kier molecular flexibility index (Phi) is 18.6. The van der Waals surface area contributed by atoms with Gasteiger partial charge in [-0.05, 0) is 25.7 Å². The van der Waals surface area contributed by atoms with Crippen molar-refractivity contribution in [3.63, 3.8) is 0 Å². The van der Waals surface area contributed by atoms with Gasteiger partial charge in [0.2, 0.25) is 0 Å². The lowest BCUT2D eigenvalue weighted by molar-refractivity contribution is -0.655. The molecule has 0 aliphatic rings. The number of quaternary nitrogens is 1. The Morgan fingerprint density at radius 3 is 0.597 bits per heavy atom. The van der Waals surface area contributed by atoms with Crippen molar-refractivity contribution < 1.29 is 93.1 Å². The molecule has 0 radical (unpaired) electrons. The maximum atomic E-state index is 15.4. The summed E-state index contributed by atoms with van der Waals surface area (Å²) in [4.78, 5) is 0. The van der Waals surface area contributed by atoms with Crippen LogP contribution in [-0.2, 0) is 0 Å². The van der Waals surface area contributed by atoms with E-state index in [1.54, 1.807) is 0 Å². The highest BCUT2D eigenvalue weighted by atomic mass is 19.2. The van der Waals surface area contributed by atoms with E-state index in [1.165, 1.54) is 90.1 Å². The van der Waals surface area contributed by atoms with E-state index < -0.39 is 144 Å². The highest BCUT2D eigenvalue weighted by Gasteiger charge is 2.52. The van der Waals surface area contributed by atoms with Crippen LogP contribution in [0.1, 0.15) is 90.9 Å². The first-order valence-corrected chi connectivity index (χ1v) is 19.2. The van der Waals surface area contributed by atoms with Crippen LogP contribution in [0.4, 0.5) is 87.8 Å². The van der Waals surface area contributed by atoms with Gasteiger partial charge >= 0.3 is 0 Å². The highest BCUT2D eigenvalue weighted by molar-refractivity contribution is 7.20. The fraction of sp³-hybridized carbons (Fsp3) is 0.400. The highest BCUT2D eigenvalue weighted by Crippen LogP contribution is 2.30. The minimum atomic E-state index is -7.22. The van der Waals surface area contributed by atoms with Crippen LogP contribution < -0.4 is 27.2 Å². The summed E-state index contributed by atoms with van der Waals surface area (Å²) in [6, 6.07) is 0. The van der Waals surface area contributed by atoms with Crippen LogP contribution >= 0.6 is 0 Å². The quantitative estimate of drug-likeness (QED) is 0.0337. The van der Waals surface area contributed by atoms with Crippen molar-refractivity contribution in [3.8, 4) is 0 Å². The van der Waals surface area contributed by atoms with E-state index >= 15 is 35.1 Å². The maximum absolute atomic E-state index is 15.4. The van der Waals surface area contributed by atoms with Gasteiger partial charge in [0, 0.05) is 0 Å². The van der Waals surface area contributed by atoms with Crippen LogP contribution in [0.5, 0.6) is 0 Å². The lowest BCUT2D eigenvalue weighted by Crippen LogP contribution is -2.84. The van der Waals surface area contributed by atoms with Crippen LogP contribution in [0, 0.1) is 116 Å². The van der Waals surface area contributed by atoms with Crippen molar-refractivity contribution in [1.82, 2.24) is 0 Å².